The van der Waals surface area contributed by atoms with E-state index >= 15 is 0 Å². The molecule has 0 aromatic heterocycles. The van der Waals surface area contributed by atoms with Crippen molar-refractivity contribution in [1.82, 2.24) is 5.32 Å². The van der Waals surface area contributed by atoms with E-state index in [4.69, 9.17) is 16.3 Å². The first-order valence-corrected chi connectivity index (χ1v) is 6.77. The van der Waals surface area contributed by atoms with Crippen molar-refractivity contribution in [3.8, 4) is 5.75 Å². The Balaban J connectivity index is 2.08. The molecule has 1 atom stereocenters. The van der Waals surface area contributed by atoms with Crippen LogP contribution in [0.3, 0.4) is 0 Å². The molecule has 1 N–H and O–H groups in total. The van der Waals surface area contributed by atoms with Crippen molar-refractivity contribution < 1.29 is 9.53 Å². The quantitative estimate of drug-likeness (QED) is 0.833. The van der Waals surface area contributed by atoms with Gasteiger partial charge < -0.3 is 10.1 Å². The Kier molecular flexibility index (Phi) is 4.48. The van der Waals surface area contributed by atoms with Gasteiger partial charge in [-0.15, -0.1) is 0 Å². The highest BCUT2D eigenvalue weighted by Gasteiger charge is 2.23. The van der Waals surface area contributed by atoms with Crippen LogP contribution >= 0.6 is 11.6 Å². The zero-order valence-electron chi connectivity index (χ0n) is 10.5. The van der Waals surface area contributed by atoms with E-state index in [-0.39, 0.29) is 11.8 Å². The first-order chi connectivity index (χ1) is 8.70. The number of unbranched alkanes of at least 4 members (excludes halogenated alkanes) is 1. The molecular formula is C14H18ClNO2. The first kappa shape index (κ1) is 13.2. The van der Waals surface area contributed by atoms with Crippen LogP contribution in [0.25, 0.3) is 0 Å². The summed E-state index contributed by atoms with van der Waals surface area (Å²) in [6.07, 6.45) is 2.67. The lowest BCUT2D eigenvalue weighted by Crippen LogP contribution is -2.13. The molecule has 1 amide bonds. The Morgan fingerprint density at radius 2 is 2.33 bits per heavy atom. The van der Waals surface area contributed by atoms with Gasteiger partial charge in [0.2, 0.25) is 5.91 Å². The van der Waals surface area contributed by atoms with E-state index in [2.05, 4.69) is 12.2 Å². The van der Waals surface area contributed by atoms with Crippen LogP contribution in [0.15, 0.2) is 18.2 Å². The molecule has 1 saturated heterocycles. The van der Waals surface area contributed by atoms with Gasteiger partial charge >= 0.3 is 0 Å². The molecule has 0 spiro atoms. The van der Waals surface area contributed by atoms with Crippen molar-refractivity contribution in [1.29, 1.82) is 0 Å². The molecule has 0 unspecified atom stereocenters. The molecule has 4 heteroatoms. The summed E-state index contributed by atoms with van der Waals surface area (Å²) in [5.74, 6) is 1.08. The van der Waals surface area contributed by atoms with Crippen molar-refractivity contribution in [2.75, 3.05) is 13.2 Å². The number of amides is 1. The lowest BCUT2D eigenvalue weighted by Gasteiger charge is -2.12. The predicted octanol–water partition coefficient (Wildman–Crippen LogP) is 3.12. The van der Waals surface area contributed by atoms with Gasteiger partial charge in [0.1, 0.15) is 5.75 Å². The van der Waals surface area contributed by atoms with Crippen molar-refractivity contribution in [2.24, 2.45) is 0 Å². The summed E-state index contributed by atoms with van der Waals surface area (Å²) in [6.45, 7) is 3.51. The third-order valence-corrected chi connectivity index (χ3v) is 3.47. The highest BCUT2D eigenvalue weighted by molar-refractivity contribution is 6.32. The molecule has 0 saturated carbocycles. The second-order valence-corrected chi connectivity index (χ2v) is 5.00. The molecular weight excluding hydrogens is 250 g/mol. The minimum absolute atomic E-state index is 0.114. The molecule has 2 rings (SSSR count). The second kappa shape index (κ2) is 6.10. The predicted molar refractivity (Wildman–Crippen MR) is 72.2 cm³/mol. The highest BCUT2D eigenvalue weighted by Crippen LogP contribution is 2.31. The van der Waals surface area contributed by atoms with E-state index in [0.717, 1.165) is 24.2 Å². The van der Waals surface area contributed by atoms with Gasteiger partial charge in [0.25, 0.3) is 0 Å². The van der Waals surface area contributed by atoms with Crippen LogP contribution < -0.4 is 10.1 Å². The zero-order valence-corrected chi connectivity index (χ0v) is 11.3. The van der Waals surface area contributed by atoms with Gasteiger partial charge in [-0.05, 0) is 24.1 Å². The van der Waals surface area contributed by atoms with Crippen LogP contribution in [0.4, 0.5) is 0 Å². The maximum Gasteiger partial charge on any atom is 0.220 e. The van der Waals surface area contributed by atoms with E-state index in [1.807, 2.05) is 18.2 Å². The molecule has 3 nitrogen and oxygen atoms in total. The summed E-state index contributed by atoms with van der Waals surface area (Å²) >= 11 is 6.10. The summed E-state index contributed by atoms with van der Waals surface area (Å²) in [4.78, 5) is 11.2. The summed E-state index contributed by atoms with van der Waals surface area (Å²) in [5, 5.41) is 3.47. The zero-order chi connectivity index (χ0) is 13.0. The van der Waals surface area contributed by atoms with E-state index in [9.17, 15) is 4.79 Å². The fraction of sp³-hybridized carbons (Fsp3) is 0.500. The van der Waals surface area contributed by atoms with Gasteiger partial charge in [-0.3, -0.25) is 4.79 Å². The molecule has 1 aromatic carbocycles. The number of benzene rings is 1. The number of hydrogen-bond donors (Lipinski definition) is 1. The van der Waals surface area contributed by atoms with Crippen LogP contribution in [0, 0.1) is 0 Å². The lowest BCUT2D eigenvalue weighted by molar-refractivity contribution is -0.119. The number of carbonyl (C=O) groups excluding carboxylic acids is 1. The minimum Gasteiger partial charge on any atom is -0.492 e. The molecule has 0 bridgehead atoms. The summed E-state index contributed by atoms with van der Waals surface area (Å²) in [6, 6.07) is 5.78. The smallest absolute Gasteiger partial charge is 0.220 e. The van der Waals surface area contributed by atoms with E-state index in [1.165, 1.54) is 0 Å². The van der Waals surface area contributed by atoms with Gasteiger partial charge in [-0.25, -0.2) is 0 Å². The average Bonchev–Trinajstić information content (AvgIpc) is 2.78. The van der Waals surface area contributed by atoms with Crippen LogP contribution in [-0.2, 0) is 4.79 Å². The standard InChI is InChI=1S/C14H18ClNO2/c1-2-3-6-18-13-7-10(4-5-12(13)15)11-8-14(17)16-9-11/h4-5,7,11H,2-3,6,8-9H2,1H3,(H,16,17)/t11-/m0/s1. The number of halogens is 1. The van der Waals surface area contributed by atoms with Crippen LogP contribution in [-0.4, -0.2) is 19.1 Å². The molecule has 1 fully saturated rings. The summed E-state index contributed by atoms with van der Waals surface area (Å²) < 4.78 is 5.67. The summed E-state index contributed by atoms with van der Waals surface area (Å²) in [5.41, 5.74) is 1.12. The minimum atomic E-state index is 0.114. The van der Waals surface area contributed by atoms with Gasteiger partial charge in [-0.1, -0.05) is 31.0 Å². The lowest BCUT2D eigenvalue weighted by atomic mass is 9.98. The van der Waals surface area contributed by atoms with Gasteiger partial charge in [0.05, 0.1) is 11.6 Å². The number of carbonyl (C=O) groups is 1. The Morgan fingerprint density at radius 3 is 3.00 bits per heavy atom. The van der Waals surface area contributed by atoms with E-state index in [1.54, 1.807) is 0 Å². The Labute approximate surface area is 112 Å². The molecule has 18 heavy (non-hydrogen) atoms. The number of ether oxygens (including phenoxy) is 1. The van der Waals surface area contributed by atoms with Crippen LogP contribution in [0.5, 0.6) is 5.75 Å². The number of rotatable bonds is 5. The van der Waals surface area contributed by atoms with Crippen molar-refractivity contribution in [2.45, 2.75) is 32.1 Å². The molecule has 1 heterocycles. The monoisotopic (exact) mass is 267 g/mol. The van der Waals surface area contributed by atoms with Crippen molar-refractivity contribution >= 4 is 17.5 Å². The summed E-state index contributed by atoms with van der Waals surface area (Å²) in [7, 11) is 0. The van der Waals surface area contributed by atoms with Crippen molar-refractivity contribution in [3.05, 3.63) is 28.8 Å². The molecule has 1 aromatic rings. The normalized spacial score (nSPS) is 18.8. The van der Waals surface area contributed by atoms with Gasteiger partial charge in [0.15, 0.2) is 0 Å². The van der Waals surface area contributed by atoms with Crippen LogP contribution in [0.2, 0.25) is 5.02 Å². The van der Waals surface area contributed by atoms with E-state index < -0.39 is 0 Å². The fourth-order valence-electron chi connectivity index (χ4n) is 2.05. The van der Waals surface area contributed by atoms with Crippen molar-refractivity contribution in [3.63, 3.8) is 0 Å². The molecule has 98 valence electrons. The maximum atomic E-state index is 11.2. The average molecular weight is 268 g/mol. The Hall–Kier alpha value is -1.22. The van der Waals surface area contributed by atoms with Crippen LogP contribution in [0.1, 0.15) is 37.7 Å². The SMILES string of the molecule is CCCCOc1cc([C@@H]2CNC(=O)C2)ccc1Cl. The molecule has 0 aliphatic carbocycles. The second-order valence-electron chi connectivity index (χ2n) is 4.60. The highest BCUT2D eigenvalue weighted by atomic mass is 35.5. The number of hydrogen-bond acceptors (Lipinski definition) is 2. The topological polar surface area (TPSA) is 38.3 Å². The molecule has 0 radical (unpaired) electrons. The number of nitrogens with one attached hydrogen (secondary N) is 1. The Morgan fingerprint density at radius 1 is 1.50 bits per heavy atom. The third-order valence-electron chi connectivity index (χ3n) is 3.16. The molecule has 1 aliphatic heterocycles. The first-order valence-electron chi connectivity index (χ1n) is 6.39. The fourth-order valence-corrected chi connectivity index (χ4v) is 2.22. The maximum absolute atomic E-state index is 11.2. The third kappa shape index (κ3) is 3.16. The van der Waals surface area contributed by atoms with Gasteiger partial charge in [-0.2, -0.15) is 0 Å². The Bertz CT molecular complexity index is 434. The van der Waals surface area contributed by atoms with E-state index in [0.29, 0.717) is 24.6 Å². The van der Waals surface area contributed by atoms with Gasteiger partial charge in [0, 0.05) is 18.9 Å². The largest absolute Gasteiger partial charge is 0.492 e. The molecule has 1 aliphatic rings.